The Labute approximate surface area is 365 Å². The van der Waals surface area contributed by atoms with Crippen LogP contribution in [-0.4, -0.2) is 113 Å². The molecule has 2 aromatic rings. The van der Waals surface area contributed by atoms with E-state index in [1.54, 1.807) is 30.3 Å². The van der Waals surface area contributed by atoms with E-state index in [9.17, 15) is 41.7 Å². The molecular weight excluding hydrogens is 900 g/mol. The molecule has 3 amide bonds. The Morgan fingerprint density at radius 3 is 2.23 bits per heavy atom. The van der Waals surface area contributed by atoms with Crippen LogP contribution in [0.2, 0.25) is 0 Å². The Hall–Kier alpha value is -3.52. The van der Waals surface area contributed by atoms with Crippen LogP contribution in [0.3, 0.4) is 0 Å². The third kappa shape index (κ3) is 14.2. The maximum absolute atomic E-state index is 17.0. The number of unbranched alkanes of at least 4 members (excludes halogenated alkanes) is 1. The predicted molar refractivity (Wildman–Crippen MR) is 234 cm³/mol. The topological polar surface area (TPSA) is 210 Å². The number of hydrogen-bond acceptors (Lipinski definition) is 7. The second kappa shape index (κ2) is 21.2. The third-order valence-corrected chi connectivity index (χ3v) is 14.2. The summed E-state index contributed by atoms with van der Waals surface area (Å²) in [6.45, 7) is 0.600. The van der Waals surface area contributed by atoms with Crippen LogP contribution in [0.1, 0.15) is 104 Å². The van der Waals surface area contributed by atoms with Gasteiger partial charge in [-0.2, -0.15) is 0 Å². The lowest BCUT2D eigenvalue weighted by atomic mass is 9.88. The second-order valence-electron chi connectivity index (χ2n) is 16.7. The minimum absolute atomic E-state index is 0.00890. The van der Waals surface area contributed by atoms with Crippen LogP contribution in [0, 0.1) is 0 Å². The van der Waals surface area contributed by atoms with Crippen molar-refractivity contribution in [1.29, 1.82) is 0 Å². The zero-order chi connectivity index (χ0) is 45.3. The van der Waals surface area contributed by atoms with Crippen LogP contribution in [0.15, 0.2) is 47.7 Å². The first-order chi connectivity index (χ1) is 28.4. The standard InChI is InChI=1S/C40H59BBrF2N6O9PS/c1-6-11-30-23-32(13-10-22-50(3,4)5)48-35(30)25-36-31(12-7-2)24-33(49(36)41(48,43)44)19-20-38(52)47-34(27-61(57,58)59)40(53)45-21-9-8-14-37(51)46-26-28-15-17-29(18-16-28)39(42)60(54,55)56/h15-18,23-25,34,39H,6-14,19-22,26-27H2,1-5H3,(H5-,45,46,47,51,52,53,54,55,56,57,58,59)/t34-,39?/m0/s1. The first-order valence-electron chi connectivity index (χ1n) is 20.6. The highest BCUT2D eigenvalue weighted by molar-refractivity contribution is 9.10. The van der Waals surface area contributed by atoms with Crippen molar-refractivity contribution < 1.29 is 59.3 Å². The van der Waals surface area contributed by atoms with E-state index in [0.717, 1.165) is 28.6 Å². The van der Waals surface area contributed by atoms with Gasteiger partial charge in [0.2, 0.25) is 17.7 Å². The van der Waals surface area contributed by atoms with Crippen molar-refractivity contribution in [3.05, 3.63) is 75.8 Å². The van der Waals surface area contributed by atoms with E-state index in [4.69, 9.17) is 0 Å². The molecule has 61 heavy (non-hydrogen) atoms. The van der Waals surface area contributed by atoms with Gasteiger partial charge in [-0.25, -0.2) is 8.42 Å². The minimum Gasteiger partial charge on any atom is -0.748 e. The van der Waals surface area contributed by atoms with Crippen molar-refractivity contribution in [1.82, 2.24) is 20.4 Å². The molecule has 5 N–H and O–H groups in total. The first kappa shape index (κ1) is 50.1. The summed E-state index contributed by atoms with van der Waals surface area (Å²) in [7, 11) is -3.17. The fourth-order valence-electron chi connectivity index (χ4n) is 7.59. The molecule has 1 unspecified atom stereocenters. The molecular formula is C40H59BBrF2N6O9PS. The summed E-state index contributed by atoms with van der Waals surface area (Å²) in [6.07, 6.45) is 7.64. The Bertz CT molecular complexity index is 2190. The van der Waals surface area contributed by atoms with Gasteiger partial charge in [0.1, 0.15) is 16.3 Å². The number of aryl methyl sites for hydroxylation is 2. The Morgan fingerprint density at radius 2 is 1.62 bits per heavy atom. The highest BCUT2D eigenvalue weighted by atomic mass is 79.9. The minimum atomic E-state index is -4.97. The van der Waals surface area contributed by atoms with E-state index in [-0.39, 0.29) is 44.0 Å². The second-order valence-corrected chi connectivity index (χ2v) is 21.5. The molecule has 0 saturated heterocycles. The van der Waals surface area contributed by atoms with E-state index >= 15 is 8.63 Å². The van der Waals surface area contributed by atoms with Crippen LogP contribution < -0.4 is 16.0 Å². The average molecular weight is 960 g/mol. The molecule has 15 nitrogen and oxygen atoms in total. The van der Waals surface area contributed by atoms with Crippen molar-refractivity contribution in [3.63, 3.8) is 0 Å². The molecule has 4 rings (SSSR count). The van der Waals surface area contributed by atoms with Crippen molar-refractivity contribution >= 4 is 70.1 Å². The summed E-state index contributed by atoms with van der Waals surface area (Å²) in [6, 6.07) is 6.52. The van der Waals surface area contributed by atoms with Gasteiger partial charge in [0, 0.05) is 62.2 Å². The number of amides is 3. The van der Waals surface area contributed by atoms with Gasteiger partial charge >= 0.3 is 14.6 Å². The molecule has 1 aromatic heterocycles. The number of aromatic nitrogens is 1. The molecule has 0 fully saturated rings. The third-order valence-electron chi connectivity index (χ3n) is 10.5. The zero-order valence-corrected chi connectivity index (χ0v) is 38.8. The molecule has 21 heteroatoms. The number of benzene rings is 1. The lowest BCUT2D eigenvalue weighted by Gasteiger charge is -2.32. The molecule has 0 spiro atoms. The van der Waals surface area contributed by atoms with Gasteiger partial charge < -0.3 is 52.4 Å². The summed E-state index contributed by atoms with van der Waals surface area (Å²) < 4.78 is 82.4. The van der Waals surface area contributed by atoms with Gasteiger partial charge in [-0.1, -0.05) is 66.9 Å². The monoisotopic (exact) mass is 958 g/mol. The summed E-state index contributed by atoms with van der Waals surface area (Å²) in [5, 5.41) is 7.56. The van der Waals surface area contributed by atoms with Crippen LogP contribution in [-0.2, 0) is 48.5 Å². The number of carbonyl (C=O) groups is 3. The van der Waals surface area contributed by atoms with Crippen molar-refractivity contribution in [2.45, 2.75) is 102 Å². The molecule has 2 atom stereocenters. The SMILES string of the molecule is CCCC1=CC(CCC(=O)N[C@@H](CS(=O)(=O)[O-])C(=O)NCCCCC(=O)NCc2ccc(C(Br)P(=O)(O)O)cc2)=[N+]2C1=Cc1c(CCC)cc(CCC[N+](C)(C)C)n1[B-]2(F)F. The van der Waals surface area contributed by atoms with Crippen molar-refractivity contribution in [2.75, 3.05) is 40.0 Å². The summed E-state index contributed by atoms with van der Waals surface area (Å²) >= 11 is 2.98. The molecule has 0 radical (unpaired) electrons. The number of hydrogen-bond donors (Lipinski definition) is 5. The van der Waals surface area contributed by atoms with Crippen molar-refractivity contribution in [3.8, 4) is 0 Å². The van der Waals surface area contributed by atoms with E-state index in [2.05, 4.69) is 53.0 Å². The highest BCUT2D eigenvalue weighted by Gasteiger charge is 2.54. The zero-order valence-electron chi connectivity index (χ0n) is 35.5. The normalized spacial score (nSPS) is 16.0. The predicted octanol–water partition coefficient (Wildman–Crippen LogP) is 4.83. The number of nitrogens with zero attached hydrogens (tertiary/aromatic N) is 3. The van der Waals surface area contributed by atoms with E-state index in [1.165, 1.54) is 4.48 Å². The fraction of sp³-hybridized carbons (Fsp3) is 0.550. The number of allylic oxidation sites excluding steroid dienone is 2. The first-order valence-corrected chi connectivity index (χ1v) is 24.8. The largest absolute Gasteiger partial charge is 0.748 e. The van der Waals surface area contributed by atoms with Crippen molar-refractivity contribution in [2.24, 2.45) is 0 Å². The Morgan fingerprint density at radius 1 is 0.951 bits per heavy atom. The molecule has 0 bridgehead atoms. The number of fused-ring (bicyclic) bond motifs is 2. The van der Waals surface area contributed by atoms with Crippen LogP contribution in [0.4, 0.5) is 8.63 Å². The molecule has 2 aliphatic heterocycles. The van der Waals surface area contributed by atoms with Gasteiger partial charge in [0.15, 0.2) is 5.70 Å². The Balaban J connectivity index is 1.36. The molecule has 0 saturated carbocycles. The van der Waals surface area contributed by atoms with Gasteiger partial charge in [-0.3, -0.25) is 18.9 Å². The molecule has 3 heterocycles. The quantitative estimate of drug-likeness (QED) is 0.0243. The summed E-state index contributed by atoms with van der Waals surface area (Å²) in [5.41, 5.74) is 4.38. The highest BCUT2D eigenvalue weighted by Crippen LogP contribution is 2.55. The van der Waals surface area contributed by atoms with E-state index < -0.39 is 52.9 Å². The molecule has 338 valence electrons. The van der Waals surface area contributed by atoms with Crippen LogP contribution >= 0.6 is 23.5 Å². The average Bonchev–Trinajstić information content (AvgIpc) is 3.69. The molecule has 1 aromatic carbocycles. The number of alkyl halides is 1. The maximum Gasteiger partial charge on any atom is 0.737 e. The maximum atomic E-state index is 17.0. The van der Waals surface area contributed by atoms with Gasteiger partial charge in [0.25, 0.3) is 0 Å². The number of halogens is 3. The summed E-state index contributed by atoms with van der Waals surface area (Å²) in [5.74, 6) is -3.21. The number of quaternary nitrogens is 1. The van der Waals surface area contributed by atoms with E-state index in [0.29, 0.717) is 77.6 Å². The summed E-state index contributed by atoms with van der Waals surface area (Å²) in [4.78, 5) is 57.3. The van der Waals surface area contributed by atoms with Gasteiger partial charge in [0.05, 0.1) is 43.6 Å². The van der Waals surface area contributed by atoms with Gasteiger partial charge in [-0.15, -0.1) is 0 Å². The number of nitrogens with one attached hydrogen (secondary N) is 3. The van der Waals surface area contributed by atoms with E-state index in [1.807, 2.05) is 26.0 Å². The van der Waals surface area contributed by atoms with Crippen LogP contribution in [0.5, 0.6) is 0 Å². The number of carbonyl (C=O) groups excluding carboxylic acids is 3. The fourth-order valence-corrected chi connectivity index (χ4v) is 9.10. The number of rotatable bonds is 24. The molecule has 2 aliphatic rings. The van der Waals surface area contributed by atoms with Gasteiger partial charge in [-0.05, 0) is 60.6 Å². The lowest BCUT2D eigenvalue weighted by molar-refractivity contribution is -0.870. The smallest absolute Gasteiger partial charge is 0.737 e. The molecule has 0 aliphatic carbocycles. The van der Waals surface area contributed by atoms with Crippen LogP contribution in [0.25, 0.3) is 6.08 Å². The lowest BCUT2D eigenvalue weighted by Crippen LogP contribution is -2.52. The Kier molecular flexibility index (Phi) is 17.5.